The van der Waals surface area contributed by atoms with Crippen LogP contribution in [0.3, 0.4) is 0 Å². The molecule has 100 valence electrons. The van der Waals surface area contributed by atoms with Crippen molar-refractivity contribution in [1.29, 1.82) is 0 Å². The van der Waals surface area contributed by atoms with Gasteiger partial charge in [0.2, 0.25) is 0 Å². The highest BCUT2D eigenvalue weighted by atomic mass is 79.9. The van der Waals surface area contributed by atoms with Crippen molar-refractivity contribution < 1.29 is 4.74 Å². The van der Waals surface area contributed by atoms with Crippen molar-refractivity contribution in [3.05, 3.63) is 58.1 Å². The molecule has 0 aromatic heterocycles. The SMILES string of the molecule is C#Cc1cccc(NCC2Cc3cc(Br)ccc3O2)c1. The summed E-state index contributed by atoms with van der Waals surface area (Å²) in [7, 11) is 0. The zero-order valence-electron chi connectivity index (χ0n) is 10.9. The highest BCUT2D eigenvalue weighted by molar-refractivity contribution is 9.10. The van der Waals surface area contributed by atoms with Gasteiger partial charge in [-0.15, -0.1) is 6.42 Å². The zero-order chi connectivity index (χ0) is 13.9. The maximum absolute atomic E-state index is 5.92. The van der Waals surface area contributed by atoms with E-state index >= 15 is 0 Å². The highest BCUT2D eigenvalue weighted by Crippen LogP contribution is 2.31. The molecule has 1 aliphatic rings. The molecule has 0 saturated heterocycles. The molecule has 0 amide bonds. The molecule has 3 heteroatoms. The quantitative estimate of drug-likeness (QED) is 0.865. The Bertz CT molecular complexity index is 675. The van der Waals surface area contributed by atoms with Crippen LogP contribution in [0, 0.1) is 12.3 Å². The summed E-state index contributed by atoms with van der Waals surface area (Å²) in [6.45, 7) is 0.764. The Morgan fingerprint density at radius 3 is 3.05 bits per heavy atom. The van der Waals surface area contributed by atoms with Crippen LogP contribution in [-0.2, 0) is 6.42 Å². The molecule has 20 heavy (non-hydrogen) atoms. The molecule has 1 N–H and O–H groups in total. The van der Waals surface area contributed by atoms with E-state index in [2.05, 4.69) is 33.2 Å². The zero-order valence-corrected chi connectivity index (χ0v) is 12.5. The summed E-state index contributed by atoms with van der Waals surface area (Å²) >= 11 is 3.49. The molecule has 0 bridgehead atoms. The van der Waals surface area contributed by atoms with Crippen LogP contribution in [0.15, 0.2) is 46.9 Å². The third kappa shape index (κ3) is 2.81. The van der Waals surface area contributed by atoms with Crippen LogP contribution >= 0.6 is 15.9 Å². The molecule has 0 aliphatic carbocycles. The van der Waals surface area contributed by atoms with Gasteiger partial charge in [0.25, 0.3) is 0 Å². The van der Waals surface area contributed by atoms with E-state index in [4.69, 9.17) is 11.2 Å². The number of hydrogen-bond acceptors (Lipinski definition) is 2. The van der Waals surface area contributed by atoms with Gasteiger partial charge in [0.05, 0.1) is 6.54 Å². The van der Waals surface area contributed by atoms with Crippen LogP contribution in [0.4, 0.5) is 5.69 Å². The van der Waals surface area contributed by atoms with E-state index in [9.17, 15) is 0 Å². The van der Waals surface area contributed by atoms with Crippen molar-refractivity contribution in [3.8, 4) is 18.1 Å². The second-order valence-corrected chi connectivity index (χ2v) is 5.72. The molecule has 3 rings (SSSR count). The fourth-order valence-corrected chi connectivity index (χ4v) is 2.76. The van der Waals surface area contributed by atoms with Gasteiger partial charge in [0.15, 0.2) is 0 Å². The van der Waals surface area contributed by atoms with E-state index in [1.54, 1.807) is 0 Å². The van der Waals surface area contributed by atoms with Crippen LogP contribution < -0.4 is 10.1 Å². The summed E-state index contributed by atoms with van der Waals surface area (Å²) in [4.78, 5) is 0. The fraction of sp³-hybridized carbons (Fsp3) is 0.176. The molecule has 1 unspecified atom stereocenters. The minimum Gasteiger partial charge on any atom is -0.488 e. The van der Waals surface area contributed by atoms with Crippen molar-refractivity contribution in [2.24, 2.45) is 0 Å². The van der Waals surface area contributed by atoms with Gasteiger partial charge in [0, 0.05) is 22.1 Å². The average Bonchev–Trinajstić information content (AvgIpc) is 2.87. The molecule has 2 nitrogen and oxygen atoms in total. The van der Waals surface area contributed by atoms with E-state index in [1.807, 2.05) is 36.4 Å². The number of terminal acetylenes is 1. The first-order valence-electron chi connectivity index (χ1n) is 6.50. The lowest BCUT2D eigenvalue weighted by atomic mass is 10.1. The third-order valence-electron chi connectivity index (χ3n) is 3.33. The number of fused-ring (bicyclic) bond motifs is 1. The van der Waals surface area contributed by atoms with Gasteiger partial charge in [-0.2, -0.15) is 0 Å². The van der Waals surface area contributed by atoms with Crippen LogP contribution in [0.2, 0.25) is 0 Å². The first-order valence-corrected chi connectivity index (χ1v) is 7.29. The Morgan fingerprint density at radius 2 is 2.20 bits per heavy atom. The maximum Gasteiger partial charge on any atom is 0.123 e. The van der Waals surface area contributed by atoms with Gasteiger partial charge >= 0.3 is 0 Å². The van der Waals surface area contributed by atoms with Crippen LogP contribution in [0.5, 0.6) is 5.75 Å². The van der Waals surface area contributed by atoms with E-state index < -0.39 is 0 Å². The average molecular weight is 328 g/mol. The van der Waals surface area contributed by atoms with E-state index in [1.165, 1.54) is 5.56 Å². The first-order chi connectivity index (χ1) is 9.74. The number of benzene rings is 2. The summed E-state index contributed by atoms with van der Waals surface area (Å²) in [5, 5.41) is 3.38. The predicted molar refractivity (Wildman–Crippen MR) is 85.1 cm³/mol. The smallest absolute Gasteiger partial charge is 0.123 e. The Labute approximate surface area is 127 Å². The normalized spacial score (nSPS) is 16.1. The fourth-order valence-electron chi connectivity index (χ4n) is 2.35. The second-order valence-electron chi connectivity index (χ2n) is 4.80. The largest absolute Gasteiger partial charge is 0.488 e. The molecule has 1 atom stereocenters. The molecular weight excluding hydrogens is 314 g/mol. The minimum atomic E-state index is 0.161. The van der Waals surface area contributed by atoms with Crippen LogP contribution in [0.1, 0.15) is 11.1 Å². The molecule has 0 fully saturated rings. The second kappa shape index (κ2) is 5.60. The van der Waals surface area contributed by atoms with Crippen molar-refractivity contribution >= 4 is 21.6 Å². The maximum atomic E-state index is 5.92. The molecular formula is C17H14BrNO. The van der Waals surface area contributed by atoms with Crippen molar-refractivity contribution in [1.82, 2.24) is 0 Å². The molecule has 1 aliphatic heterocycles. The van der Waals surface area contributed by atoms with Gasteiger partial charge in [-0.25, -0.2) is 0 Å². The summed E-state index contributed by atoms with van der Waals surface area (Å²) in [5.74, 6) is 3.62. The Kier molecular flexibility index (Phi) is 3.66. The number of anilines is 1. The lowest BCUT2D eigenvalue weighted by Gasteiger charge is -2.13. The van der Waals surface area contributed by atoms with Gasteiger partial charge in [-0.3, -0.25) is 0 Å². The third-order valence-corrected chi connectivity index (χ3v) is 3.82. The lowest BCUT2D eigenvalue weighted by molar-refractivity contribution is 0.246. The van der Waals surface area contributed by atoms with Gasteiger partial charge in [-0.1, -0.05) is 27.9 Å². The number of hydrogen-bond donors (Lipinski definition) is 1. The molecule has 2 aromatic carbocycles. The number of rotatable bonds is 3. The molecule has 2 aromatic rings. The van der Waals surface area contributed by atoms with Crippen molar-refractivity contribution in [3.63, 3.8) is 0 Å². The number of nitrogens with one attached hydrogen (secondary N) is 1. The van der Waals surface area contributed by atoms with Gasteiger partial charge in [0.1, 0.15) is 11.9 Å². The molecule has 0 spiro atoms. The molecule has 0 radical (unpaired) electrons. The Balaban J connectivity index is 1.62. The summed E-state index contributed by atoms with van der Waals surface area (Å²) < 4.78 is 7.01. The molecule has 0 saturated carbocycles. The standard InChI is InChI=1S/C17H14BrNO/c1-2-12-4-3-5-15(8-12)19-11-16-10-13-9-14(18)6-7-17(13)20-16/h1,3-9,16,19H,10-11H2. The first kappa shape index (κ1) is 13.1. The minimum absolute atomic E-state index is 0.161. The van der Waals surface area contributed by atoms with Crippen LogP contribution in [0.25, 0.3) is 0 Å². The summed E-state index contributed by atoms with van der Waals surface area (Å²) in [5.41, 5.74) is 3.17. The summed E-state index contributed by atoms with van der Waals surface area (Å²) in [6, 6.07) is 14.0. The van der Waals surface area contributed by atoms with Gasteiger partial charge < -0.3 is 10.1 Å². The number of ether oxygens (including phenoxy) is 1. The predicted octanol–water partition coefficient (Wildman–Crippen LogP) is 3.85. The number of halogens is 1. The highest BCUT2D eigenvalue weighted by Gasteiger charge is 2.22. The van der Waals surface area contributed by atoms with Gasteiger partial charge in [-0.05, 0) is 42.0 Å². The topological polar surface area (TPSA) is 21.3 Å². The molecule has 1 heterocycles. The van der Waals surface area contributed by atoms with E-state index in [0.717, 1.165) is 34.4 Å². The van der Waals surface area contributed by atoms with E-state index in [-0.39, 0.29) is 6.10 Å². The monoisotopic (exact) mass is 327 g/mol. The van der Waals surface area contributed by atoms with Crippen LogP contribution in [-0.4, -0.2) is 12.6 Å². The van der Waals surface area contributed by atoms with E-state index in [0.29, 0.717) is 0 Å². The Morgan fingerprint density at radius 1 is 1.30 bits per heavy atom. The van der Waals surface area contributed by atoms with Crippen molar-refractivity contribution in [2.45, 2.75) is 12.5 Å². The lowest BCUT2D eigenvalue weighted by Crippen LogP contribution is -2.23. The Hall–Kier alpha value is -1.92. The van der Waals surface area contributed by atoms with Crippen molar-refractivity contribution in [2.75, 3.05) is 11.9 Å². The summed E-state index contributed by atoms with van der Waals surface area (Å²) in [6.07, 6.45) is 6.49.